The Balaban J connectivity index is 2.03. The van der Waals surface area contributed by atoms with Crippen LogP contribution in [0.25, 0.3) is 0 Å². The highest BCUT2D eigenvalue weighted by molar-refractivity contribution is 5.35. The molecule has 0 amide bonds. The Morgan fingerprint density at radius 2 is 1.95 bits per heavy atom. The molecule has 0 bridgehead atoms. The van der Waals surface area contributed by atoms with Crippen molar-refractivity contribution >= 4 is 5.95 Å². The zero-order valence-corrected chi connectivity index (χ0v) is 13.4. The molecule has 0 aliphatic carbocycles. The van der Waals surface area contributed by atoms with Crippen LogP contribution < -0.4 is 10.2 Å². The van der Waals surface area contributed by atoms with Crippen LogP contribution in [0.1, 0.15) is 24.6 Å². The number of nitrogens with zero attached hydrogens (tertiary/aromatic N) is 3. The Hall–Kier alpha value is -1.24. The fraction of sp³-hybridized carbons (Fsp3) is 0.733. The van der Waals surface area contributed by atoms with Crippen molar-refractivity contribution in [2.75, 3.05) is 38.8 Å². The normalized spacial score (nSPS) is 22.0. The average Bonchev–Trinajstić information content (AvgIpc) is 2.92. The van der Waals surface area contributed by atoms with E-state index in [-0.39, 0.29) is 12.2 Å². The standard InChI is InChI=1S/C15H26N4O2/c1-5-6-16-7-12-8-17-15(18-11(12)2)19-9-13(20-3)14(10-19)21-4/h8,13-14,16H,5-7,9-10H2,1-4H3. The summed E-state index contributed by atoms with van der Waals surface area (Å²) >= 11 is 0. The van der Waals surface area contributed by atoms with Gasteiger partial charge < -0.3 is 19.7 Å². The number of aryl methyl sites for hydroxylation is 1. The number of hydrogen-bond acceptors (Lipinski definition) is 6. The minimum Gasteiger partial charge on any atom is -0.377 e. The number of anilines is 1. The Morgan fingerprint density at radius 3 is 2.48 bits per heavy atom. The van der Waals surface area contributed by atoms with Gasteiger partial charge in [0, 0.05) is 51.3 Å². The van der Waals surface area contributed by atoms with E-state index in [1.165, 1.54) is 0 Å². The van der Waals surface area contributed by atoms with Crippen molar-refractivity contribution < 1.29 is 9.47 Å². The molecule has 2 heterocycles. The van der Waals surface area contributed by atoms with Crippen LogP contribution in [0.4, 0.5) is 5.95 Å². The molecule has 1 aliphatic rings. The van der Waals surface area contributed by atoms with Gasteiger partial charge in [-0.05, 0) is 19.9 Å². The van der Waals surface area contributed by atoms with Gasteiger partial charge in [0.2, 0.25) is 5.95 Å². The third-order valence-electron chi connectivity index (χ3n) is 3.91. The summed E-state index contributed by atoms with van der Waals surface area (Å²) in [6, 6.07) is 0. The first-order chi connectivity index (χ1) is 10.2. The maximum atomic E-state index is 5.45. The SMILES string of the molecule is CCCNCc1cnc(N2CC(OC)C(OC)C2)nc1C. The van der Waals surface area contributed by atoms with E-state index >= 15 is 0 Å². The number of rotatable bonds is 7. The molecule has 1 N–H and O–H groups in total. The van der Waals surface area contributed by atoms with Crippen LogP contribution in [0.3, 0.4) is 0 Å². The van der Waals surface area contributed by atoms with E-state index in [1.54, 1.807) is 14.2 Å². The average molecular weight is 294 g/mol. The lowest BCUT2D eigenvalue weighted by Crippen LogP contribution is -2.27. The van der Waals surface area contributed by atoms with Crippen molar-refractivity contribution in [2.24, 2.45) is 0 Å². The summed E-state index contributed by atoms with van der Waals surface area (Å²) in [5, 5.41) is 3.38. The molecule has 1 fully saturated rings. The van der Waals surface area contributed by atoms with E-state index in [0.717, 1.165) is 49.8 Å². The number of nitrogens with one attached hydrogen (secondary N) is 1. The summed E-state index contributed by atoms with van der Waals surface area (Å²) in [5.74, 6) is 0.758. The smallest absolute Gasteiger partial charge is 0.225 e. The molecule has 6 nitrogen and oxygen atoms in total. The molecule has 0 aromatic carbocycles. The second-order valence-electron chi connectivity index (χ2n) is 5.41. The lowest BCUT2D eigenvalue weighted by Gasteiger charge is -2.17. The molecule has 1 saturated heterocycles. The van der Waals surface area contributed by atoms with Crippen LogP contribution in [-0.4, -0.2) is 56.0 Å². The molecule has 2 atom stereocenters. The molecule has 0 saturated carbocycles. The van der Waals surface area contributed by atoms with Gasteiger partial charge in [0.25, 0.3) is 0 Å². The highest BCUT2D eigenvalue weighted by Gasteiger charge is 2.34. The fourth-order valence-electron chi connectivity index (χ4n) is 2.57. The molecule has 0 spiro atoms. The monoisotopic (exact) mass is 294 g/mol. The molecule has 2 rings (SSSR count). The molecular formula is C15H26N4O2. The number of methoxy groups -OCH3 is 2. The van der Waals surface area contributed by atoms with E-state index in [1.807, 2.05) is 13.1 Å². The van der Waals surface area contributed by atoms with E-state index < -0.39 is 0 Å². The van der Waals surface area contributed by atoms with Gasteiger partial charge in [0.1, 0.15) is 12.2 Å². The van der Waals surface area contributed by atoms with Crippen molar-refractivity contribution in [3.8, 4) is 0 Å². The van der Waals surface area contributed by atoms with Crippen LogP contribution in [0, 0.1) is 6.92 Å². The summed E-state index contributed by atoms with van der Waals surface area (Å²) < 4.78 is 10.9. The summed E-state index contributed by atoms with van der Waals surface area (Å²) in [6.07, 6.45) is 3.19. The Bertz CT molecular complexity index is 443. The van der Waals surface area contributed by atoms with Crippen molar-refractivity contribution in [1.29, 1.82) is 0 Å². The number of aromatic nitrogens is 2. The maximum Gasteiger partial charge on any atom is 0.225 e. The van der Waals surface area contributed by atoms with Gasteiger partial charge in [0.15, 0.2) is 0 Å². The third kappa shape index (κ3) is 3.90. The van der Waals surface area contributed by atoms with Crippen LogP contribution in [-0.2, 0) is 16.0 Å². The molecule has 2 unspecified atom stereocenters. The maximum absolute atomic E-state index is 5.45. The molecule has 1 aromatic rings. The van der Waals surface area contributed by atoms with Gasteiger partial charge >= 0.3 is 0 Å². The first kappa shape index (κ1) is 16.1. The predicted molar refractivity (Wildman–Crippen MR) is 82.6 cm³/mol. The Morgan fingerprint density at radius 1 is 1.29 bits per heavy atom. The minimum absolute atomic E-state index is 0.0739. The van der Waals surface area contributed by atoms with Gasteiger partial charge in [-0.1, -0.05) is 6.92 Å². The first-order valence-electron chi connectivity index (χ1n) is 7.53. The van der Waals surface area contributed by atoms with Gasteiger partial charge in [-0.3, -0.25) is 0 Å². The fourth-order valence-corrected chi connectivity index (χ4v) is 2.57. The van der Waals surface area contributed by atoms with Crippen molar-refractivity contribution in [3.63, 3.8) is 0 Å². The lowest BCUT2D eigenvalue weighted by molar-refractivity contribution is -0.00461. The summed E-state index contributed by atoms with van der Waals surface area (Å²) in [4.78, 5) is 11.3. The molecular weight excluding hydrogens is 268 g/mol. The zero-order valence-electron chi connectivity index (χ0n) is 13.4. The highest BCUT2D eigenvalue weighted by atomic mass is 16.5. The van der Waals surface area contributed by atoms with Gasteiger partial charge in [-0.15, -0.1) is 0 Å². The Kier molecular flexibility index (Phi) is 5.90. The van der Waals surface area contributed by atoms with E-state index in [0.29, 0.717) is 0 Å². The summed E-state index contributed by atoms with van der Waals surface area (Å²) in [7, 11) is 3.43. The van der Waals surface area contributed by atoms with Crippen LogP contribution in [0.15, 0.2) is 6.20 Å². The molecule has 6 heteroatoms. The summed E-state index contributed by atoms with van der Waals surface area (Å²) in [6.45, 7) is 7.56. The number of ether oxygens (including phenoxy) is 2. The van der Waals surface area contributed by atoms with Crippen LogP contribution >= 0.6 is 0 Å². The van der Waals surface area contributed by atoms with Gasteiger partial charge in [-0.25, -0.2) is 9.97 Å². The van der Waals surface area contributed by atoms with Crippen molar-refractivity contribution in [2.45, 2.75) is 39.0 Å². The topological polar surface area (TPSA) is 59.5 Å². The van der Waals surface area contributed by atoms with Gasteiger partial charge in [-0.2, -0.15) is 0 Å². The third-order valence-corrected chi connectivity index (χ3v) is 3.91. The largest absolute Gasteiger partial charge is 0.377 e. The zero-order chi connectivity index (χ0) is 15.2. The van der Waals surface area contributed by atoms with Gasteiger partial charge in [0.05, 0.1) is 0 Å². The molecule has 0 radical (unpaired) electrons. The molecule has 1 aliphatic heterocycles. The second-order valence-corrected chi connectivity index (χ2v) is 5.41. The number of hydrogen-bond donors (Lipinski definition) is 1. The molecule has 1 aromatic heterocycles. The van der Waals surface area contributed by atoms with E-state index in [9.17, 15) is 0 Å². The van der Waals surface area contributed by atoms with Crippen LogP contribution in [0.2, 0.25) is 0 Å². The molecule has 21 heavy (non-hydrogen) atoms. The van der Waals surface area contributed by atoms with Crippen molar-refractivity contribution in [3.05, 3.63) is 17.5 Å². The highest BCUT2D eigenvalue weighted by Crippen LogP contribution is 2.21. The van der Waals surface area contributed by atoms with Crippen molar-refractivity contribution in [1.82, 2.24) is 15.3 Å². The van der Waals surface area contributed by atoms with E-state index in [2.05, 4.69) is 27.1 Å². The first-order valence-corrected chi connectivity index (χ1v) is 7.53. The minimum atomic E-state index is 0.0739. The Labute approximate surface area is 126 Å². The quantitative estimate of drug-likeness (QED) is 0.761. The molecule has 118 valence electrons. The summed E-state index contributed by atoms with van der Waals surface area (Å²) in [5.41, 5.74) is 2.18. The second kappa shape index (κ2) is 7.68. The predicted octanol–water partition coefficient (Wildman–Crippen LogP) is 1.13. The lowest BCUT2D eigenvalue weighted by atomic mass is 10.2. The van der Waals surface area contributed by atoms with E-state index in [4.69, 9.17) is 9.47 Å². The van der Waals surface area contributed by atoms with Crippen LogP contribution in [0.5, 0.6) is 0 Å².